The monoisotopic (exact) mass is 341 g/mol. The summed E-state index contributed by atoms with van der Waals surface area (Å²) in [6, 6.07) is 0.295. The fraction of sp³-hybridized carbons (Fsp3) is 0.412. The Morgan fingerprint density at radius 1 is 1.36 bits per heavy atom. The van der Waals surface area contributed by atoms with E-state index in [1.807, 2.05) is 11.6 Å². The van der Waals surface area contributed by atoms with Crippen LogP contribution < -0.4 is 5.32 Å². The minimum Gasteiger partial charge on any atom is -0.444 e. The SMILES string of the molecule is CCn1ncc2c(NC3CCOCC3)c(-c3nc(C=O)co3)cnc21. The van der Waals surface area contributed by atoms with Gasteiger partial charge in [0.1, 0.15) is 12.0 Å². The number of pyridine rings is 1. The van der Waals surface area contributed by atoms with E-state index in [1.165, 1.54) is 6.26 Å². The van der Waals surface area contributed by atoms with Crippen molar-refractivity contribution in [2.24, 2.45) is 0 Å². The number of aryl methyl sites for hydroxylation is 1. The van der Waals surface area contributed by atoms with Crippen LogP contribution in [-0.4, -0.2) is 45.3 Å². The summed E-state index contributed by atoms with van der Waals surface area (Å²) >= 11 is 0. The number of fused-ring (bicyclic) bond motifs is 1. The molecule has 4 rings (SSSR count). The predicted octanol–water partition coefficient (Wildman–Crippen LogP) is 2.51. The Hall–Kier alpha value is -2.74. The summed E-state index contributed by atoms with van der Waals surface area (Å²) in [6.45, 7) is 4.24. The van der Waals surface area contributed by atoms with E-state index in [4.69, 9.17) is 9.15 Å². The van der Waals surface area contributed by atoms with Crippen molar-refractivity contribution in [3.05, 3.63) is 24.4 Å². The Labute approximate surface area is 144 Å². The van der Waals surface area contributed by atoms with Gasteiger partial charge in [-0.25, -0.2) is 14.6 Å². The van der Waals surface area contributed by atoms with Crippen molar-refractivity contribution in [3.8, 4) is 11.5 Å². The average Bonchev–Trinajstić information content (AvgIpc) is 3.29. The number of oxazole rings is 1. The van der Waals surface area contributed by atoms with E-state index >= 15 is 0 Å². The van der Waals surface area contributed by atoms with Gasteiger partial charge in [0.05, 0.1) is 22.8 Å². The molecule has 0 spiro atoms. The van der Waals surface area contributed by atoms with E-state index in [9.17, 15) is 4.79 Å². The van der Waals surface area contributed by atoms with Crippen LogP contribution in [0, 0.1) is 0 Å². The molecule has 0 radical (unpaired) electrons. The number of rotatable bonds is 5. The number of anilines is 1. The lowest BCUT2D eigenvalue weighted by molar-refractivity contribution is 0.0905. The Morgan fingerprint density at radius 2 is 2.20 bits per heavy atom. The molecule has 0 atom stereocenters. The first-order valence-corrected chi connectivity index (χ1v) is 8.40. The van der Waals surface area contributed by atoms with Crippen LogP contribution in [0.3, 0.4) is 0 Å². The van der Waals surface area contributed by atoms with Gasteiger partial charge < -0.3 is 14.5 Å². The smallest absolute Gasteiger partial charge is 0.230 e. The third kappa shape index (κ3) is 2.89. The van der Waals surface area contributed by atoms with Crippen LogP contribution in [0.5, 0.6) is 0 Å². The number of nitrogens with zero attached hydrogens (tertiary/aromatic N) is 4. The quantitative estimate of drug-likeness (QED) is 0.712. The van der Waals surface area contributed by atoms with E-state index in [0.717, 1.165) is 54.9 Å². The Morgan fingerprint density at radius 3 is 2.92 bits per heavy atom. The highest BCUT2D eigenvalue weighted by Crippen LogP contribution is 2.34. The fourth-order valence-corrected chi connectivity index (χ4v) is 3.09. The second kappa shape index (κ2) is 6.64. The maximum atomic E-state index is 10.9. The Balaban J connectivity index is 1.82. The van der Waals surface area contributed by atoms with E-state index in [0.29, 0.717) is 18.2 Å². The zero-order chi connectivity index (χ0) is 17.2. The van der Waals surface area contributed by atoms with Gasteiger partial charge in [0.2, 0.25) is 5.89 Å². The molecule has 0 amide bonds. The summed E-state index contributed by atoms with van der Waals surface area (Å²) in [5, 5.41) is 8.91. The molecule has 0 unspecified atom stereocenters. The van der Waals surface area contributed by atoms with Crippen LogP contribution in [0.1, 0.15) is 30.3 Å². The van der Waals surface area contributed by atoms with Crippen molar-refractivity contribution in [1.29, 1.82) is 0 Å². The van der Waals surface area contributed by atoms with Gasteiger partial charge >= 0.3 is 0 Å². The van der Waals surface area contributed by atoms with Gasteiger partial charge in [0.25, 0.3) is 0 Å². The number of hydrogen-bond donors (Lipinski definition) is 1. The van der Waals surface area contributed by atoms with Gasteiger partial charge in [0.15, 0.2) is 11.9 Å². The largest absolute Gasteiger partial charge is 0.444 e. The first-order valence-electron chi connectivity index (χ1n) is 8.40. The molecular formula is C17H19N5O3. The molecule has 1 N–H and O–H groups in total. The first-order chi connectivity index (χ1) is 12.3. The second-order valence-corrected chi connectivity index (χ2v) is 5.97. The number of ether oxygens (including phenoxy) is 1. The van der Waals surface area contributed by atoms with Crippen molar-refractivity contribution in [2.45, 2.75) is 32.4 Å². The molecule has 130 valence electrons. The summed E-state index contributed by atoms with van der Waals surface area (Å²) in [6.07, 6.45) is 7.39. The molecule has 1 fully saturated rings. The minimum absolute atomic E-state index is 0.261. The van der Waals surface area contributed by atoms with E-state index in [1.54, 1.807) is 12.4 Å². The minimum atomic E-state index is 0.261. The van der Waals surface area contributed by atoms with Gasteiger partial charge in [-0.2, -0.15) is 5.10 Å². The molecule has 1 saturated heterocycles. The Bertz CT molecular complexity index is 895. The highest BCUT2D eigenvalue weighted by atomic mass is 16.5. The third-order valence-corrected chi connectivity index (χ3v) is 4.41. The molecule has 0 aliphatic carbocycles. The molecule has 0 bridgehead atoms. The number of carbonyl (C=O) groups is 1. The highest BCUT2D eigenvalue weighted by Gasteiger charge is 2.21. The summed E-state index contributed by atoms with van der Waals surface area (Å²) in [5.74, 6) is 0.371. The molecule has 1 aliphatic rings. The van der Waals surface area contributed by atoms with Crippen molar-refractivity contribution in [3.63, 3.8) is 0 Å². The van der Waals surface area contributed by atoms with Crippen LogP contribution in [0.15, 0.2) is 23.1 Å². The van der Waals surface area contributed by atoms with Gasteiger partial charge in [-0.05, 0) is 19.8 Å². The molecule has 8 heteroatoms. The van der Waals surface area contributed by atoms with Crippen LogP contribution in [0.25, 0.3) is 22.5 Å². The van der Waals surface area contributed by atoms with Crippen LogP contribution in [0.2, 0.25) is 0 Å². The molecule has 4 heterocycles. The van der Waals surface area contributed by atoms with Gasteiger partial charge in [-0.1, -0.05) is 0 Å². The van der Waals surface area contributed by atoms with Gasteiger partial charge in [-0.3, -0.25) is 4.79 Å². The molecular weight excluding hydrogens is 322 g/mol. The van der Waals surface area contributed by atoms with Crippen molar-refractivity contribution >= 4 is 23.0 Å². The standard InChI is InChI=1S/C17H19N5O3/c1-2-22-16-13(8-19-22)15(20-11-3-5-24-6-4-11)14(7-18-16)17-21-12(9-23)10-25-17/h7-11H,2-6H2,1H3,(H,18,20). The normalized spacial score (nSPS) is 15.6. The number of aldehydes is 1. The topological polar surface area (TPSA) is 95.1 Å². The molecule has 25 heavy (non-hydrogen) atoms. The van der Waals surface area contributed by atoms with Gasteiger partial charge in [0, 0.05) is 32.0 Å². The predicted molar refractivity (Wildman–Crippen MR) is 91.6 cm³/mol. The van der Waals surface area contributed by atoms with Crippen molar-refractivity contribution < 1.29 is 13.9 Å². The third-order valence-electron chi connectivity index (χ3n) is 4.41. The lowest BCUT2D eigenvalue weighted by Gasteiger charge is -2.25. The lowest BCUT2D eigenvalue weighted by atomic mass is 10.1. The van der Waals surface area contributed by atoms with Crippen LogP contribution >= 0.6 is 0 Å². The van der Waals surface area contributed by atoms with E-state index in [2.05, 4.69) is 20.4 Å². The molecule has 8 nitrogen and oxygen atoms in total. The molecule has 3 aromatic heterocycles. The van der Waals surface area contributed by atoms with E-state index in [-0.39, 0.29) is 5.69 Å². The van der Waals surface area contributed by atoms with Crippen molar-refractivity contribution in [2.75, 3.05) is 18.5 Å². The summed E-state index contributed by atoms with van der Waals surface area (Å²) in [7, 11) is 0. The summed E-state index contributed by atoms with van der Waals surface area (Å²) in [5.41, 5.74) is 2.68. The van der Waals surface area contributed by atoms with Crippen LogP contribution in [0.4, 0.5) is 5.69 Å². The number of hydrogen-bond acceptors (Lipinski definition) is 7. The fourth-order valence-electron chi connectivity index (χ4n) is 3.09. The highest BCUT2D eigenvalue weighted by molar-refractivity contribution is 5.96. The number of aromatic nitrogens is 4. The number of carbonyl (C=O) groups excluding carboxylic acids is 1. The maximum absolute atomic E-state index is 10.9. The zero-order valence-corrected chi connectivity index (χ0v) is 13.9. The average molecular weight is 341 g/mol. The number of nitrogens with one attached hydrogen (secondary N) is 1. The second-order valence-electron chi connectivity index (χ2n) is 5.97. The lowest BCUT2D eigenvalue weighted by Crippen LogP contribution is -2.28. The molecule has 1 aliphatic heterocycles. The zero-order valence-electron chi connectivity index (χ0n) is 13.9. The summed E-state index contributed by atoms with van der Waals surface area (Å²) < 4.78 is 12.8. The molecule has 0 saturated carbocycles. The molecule has 3 aromatic rings. The maximum Gasteiger partial charge on any atom is 0.230 e. The Kier molecular flexibility index (Phi) is 4.19. The summed E-state index contributed by atoms with van der Waals surface area (Å²) in [4.78, 5) is 19.7. The molecule has 0 aromatic carbocycles. The first kappa shape index (κ1) is 15.8. The van der Waals surface area contributed by atoms with Crippen molar-refractivity contribution in [1.82, 2.24) is 19.7 Å². The van der Waals surface area contributed by atoms with Crippen LogP contribution in [-0.2, 0) is 11.3 Å². The van der Waals surface area contributed by atoms with Gasteiger partial charge in [-0.15, -0.1) is 0 Å². The van der Waals surface area contributed by atoms with E-state index < -0.39 is 0 Å².